The number of hydrogen-bond acceptors (Lipinski definition) is 2. The lowest BCUT2D eigenvalue weighted by molar-refractivity contribution is -0.138. The molecular formula is C12H12ClF4N3. The molecule has 20 heavy (non-hydrogen) atoms. The maximum atomic E-state index is 12.9. The van der Waals surface area contributed by atoms with E-state index in [1.54, 1.807) is 13.2 Å². The van der Waals surface area contributed by atoms with Gasteiger partial charge >= 0.3 is 6.18 Å². The highest BCUT2D eigenvalue weighted by atomic mass is 35.5. The molecule has 0 saturated heterocycles. The second-order valence-electron chi connectivity index (χ2n) is 3.98. The monoisotopic (exact) mass is 309 g/mol. The minimum atomic E-state index is -4.59. The van der Waals surface area contributed by atoms with Gasteiger partial charge < -0.3 is 5.32 Å². The fourth-order valence-electron chi connectivity index (χ4n) is 1.70. The van der Waals surface area contributed by atoms with Crippen LogP contribution in [-0.2, 0) is 12.7 Å². The van der Waals surface area contributed by atoms with E-state index in [0.29, 0.717) is 11.8 Å². The zero-order chi connectivity index (χ0) is 14.0. The quantitative estimate of drug-likeness (QED) is 0.879. The predicted molar refractivity (Wildman–Crippen MR) is 69.5 cm³/mol. The first-order valence-electron chi connectivity index (χ1n) is 5.46. The Kier molecular flexibility index (Phi) is 4.99. The molecule has 0 amide bonds. The summed E-state index contributed by atoms with van der Waals surface area (Å²) in [6, 6.07) is 2.63. The lowest BCUT2D eigenvalue weighted by atomic mass is 10.1. The van der Waals surface area contributed by atoms with Crippen molar-refractivity contribution in [1.82, 2.24) is 9.78 Å². The highest BCUT2D eigenvalue weighted by Crippen LogP contribution is 2.32. The van der Waals surface area contributed by atoms with Gasteiger partial charge in [0.25, 0.3) is 0 Å². The zero-order valence-corrected chi connectivity index (χ0v) is 11.2. The summed E-state index contributed by atoms with van der Waals surface area (Å²) in [5.74, 6) is -0.910. The number of nitrogens with zero attached hydrogens (tertiary/aromatic N) is 2. The topological polar surface area (TPSA) is 29.9 Å². The zero-order valence-electron chi connectivity index (χ0n) is 10.4. The Morgan fingerprint density at radius 1 is 1.30 bits per heavy atom. The van der Waals surface area contributed by atoms with Gasteiger partial charge in [0, 0.05) is 13.2 Å². The second-order valence-corrected chi connectivity index (χ2v) is 3.98. The van der Waals surface area contributed by atoms with Crippen LogP contribution in [0.4, 0.5) is 23.2 Å². The maximum Gasteiger partial charge on any atom is 0.416 e. The molecule has 0 unspecified atom stereocenters. The molecule has 2 aromatic rings. The van der Waals surface area contributed by atoms with E-state index in [4.69, 9.17) is 0 Å². The largest absolute Gasteiger partial charge is 0.416 e. The highest BCUT2D eigenvalue weighted by Gasteiger charge is 2.33. The second kappa shape index (κ2) is 6.13. The van der Waals surface area contributed by atoms with Crippen molar-refractivity contribution in [2.45, 2.75) is 12.7 Å². The third-order valence-electron chi connectivity index (χ3n) is 2.63. The lowest BCUT2D eigenvalue weighted by Crippen LogP contribution is -2.12. The van der Waals surface area contributed by atoms with Crippen LogP contribution in [0.1, 0.15) is 11.1 Å². The van der Waals surface area contributed by atoms with Gasteiger partial charge in [0.05, 0.1) is 24.0 Å². The van der Waals surface area contributed by atoms with Crippen LogP contribution >= 0.6 is 12.4 Å². The molecule has 0 radical (unpaired) electrons. The fraction of sp³-hybridized carbons (Fsp3) is 0.250. The van der Waals surface area contributed by atoms with Crippen LogP contribution in [0.25, 0.3) is 0 Å². The van der Waals surface area contributed by atoms with Crippen LogP contribution in [0.15, 0.2) is 30.6 Å². The summed E-state index contributed by atoms with van der Waals surface area (Å²) in [7, 11) is 1.68. The summed E-state index contributed by atoms with van der Waals surface area (Å²) in [4.78, 5) is 0. The van der Waals surface area contributed by atoms with Crippen LogP contribution in [0.3, 0.4) is 0 Å². The molecule has 0 atom stereocenters. The summed E-state index contributed by atoms with van der Waals surface area (Å²) < 4.78 is 52.7. The first kappa shape index (κ1) is 16.3. The Bertz CT molecular complexity index is 580. The molecule has 110 valence electrons. The molecule has 0 aliphatic carbocycles. The summed E-state index contributed by atoms with van der Waals surface area (Å²) in [5, 5.41) is 6.74. The Labute approximate surface area is 119 Å². The van der Waals surface area contributed by atoms with Crippen molar-refractivity contribution in [2.24, 2.45) is 0 Å². The van der Waals surface area contributed by atoms with Gasteiger partial charge in [0.15, 0.2) is 0 Å². The molecule has 0 bridgehead atoms. The van der Waals surface area contributed by atoms with Crippen LogP contribution in [-0.4, -0.2) is 16.8 Å². The highest BCUT2D eigenvalue weighted by molar-refractivity contribution is 5.85. The number of alkyl halides is 3. The molecule has 1 heterocycles. The van der Waals surface area contributed by atoms with Gasteiger partial charge in [0.1, 0.15) is 5.82 Å². The van der Waals surface area contributed by atoms with Gasteiger partial charge in [0.2, 0.25) is 0 Å². The Balaban J connectivity index is 0.00000200. The van der Waals surface area contributed by atoms with Crippen molar-refractivity contribution in [3.63, 3.8) is 0 Å². The molecule has 3 nitrogen and oxygen atoms in total. The van der Waals surface area contributed by atoms with Crippen molar-refractivity contribution >= 4 is 18.1 Å². The Hall–Kier alpha value is -1.76. The van der Waals surface area contributed by atoms with E-state index < -0.39 is 17.6 Å². The van der Waals surface area contributed by atoms with Crippen LogP contribution < -0.4 is 5.32 Å². The fourth-order valence-corrected chi connectivity index (χ4v) is 1.70. The third kappa shape index (κ3) is 3.63. The first-order chi connectivity index (χ1) is 8.90. The maximum absolute atomic E-state index is 12.9. The molecule has 0 aliphatic rings. The summed E-state index contributed by atoms with van der Waals surface area (Å²) in [5.41, 5.74) is -0.315. The molecule has 1 aromatic carbocycles. The van der Waals surface area contributed by atoms with Gasteiger partial charge in [-0.25, -0.2) is 4.39 Å². The average molecular weight is 310 g/mol. The molecule has 1 aromatic heterocycles. The standard InChI is InChI=1S/C12H11F4N3.ClH/c1-17-10-5-18-19(7-10)6-8-2-3-9(13)4-11(8)12(14,15)16;/h2-5,7,17H,6H2,1H3;1H. The number of nitrogens with one attached hydrogen (secondary N) is 1. The molecule has 0 saturated carbocycles. The minimum Gasteiger partial charge on any atom is -0.386 e. The molecule has 0 spiro atoms. The van der Waals surface area contributed by atoms with Crippen molar-refractivity contribution < 1.29 is 17.6 Å². The SMILES string of the molecule is CNc1cnn(Cc2ccc(F)cc2C(F)(F)F)c1.Cl. The van der Waals surface area contributed by atoms with E-state index in [0.717, 1.165) is 12.1 Å². The normalized spacial score (nSPS) is 11.1. The van der Waals surface area contributed by atoms with E-state index in [1.807, 2.05) is 0 Å². The molecule has 0 fully saturated rings. The average Bonchev–Trinajstić information content (AvgIpc) is 2.78. The molecule has 2 rings (SSSR count). The molecular weight excluding hydrogens is 298 g/mol. The van der Waals surface area contributed by atoms with Crippen molar-refractivity contribution in [1.29, 1.82) is 0 Å². The molecule has 8 heteroatoms. The molecule has 1 N–H and O–H groups in total. The van der Waals surface area contributed by atoms with Crippen LogP contribution in [0, 0.1) is 5.82 Å². The minimum absolute atomic E-state index is 0. The van der Waals surface area contributed by atoms with E-state index >= 15 is 0 Å². The van der Waals surface area contributed by atoms with Gasteiger partial charge in [-0.05, 0) is 17.7 Å². The van der Waals surface area contributed by atoms with E-state index in [9.17, 15) is 17.6 Å². The van der Waals surface area contributed by atoms with Crippen LogP contribution in [0.5, 0.6) is 0 Å². The lowest BCUT2D eigenvalue weighted by Gasteiger charge is -2.12. The first-order valence-corrected chi connectivity index (χ1v) is 5.46. The number of halogens is 5. The van der Waals surface area contributed by atoms with Gasteiger partial charge in [-0.2, -0.15) is 18.3 Å². The number of hydrogen-bond donors (Lipinski definition) is 1. The van der Waals surface area contributed by atoms with Gasteiger partial charge in [-0.1, -0.05) is 6.07 Å². The van der Waals surface area contributed by atoms with Gasteiger partial charge in [-0.15, -0.1) is 12.4 Å². The number of anilines is 1. The van der Waals surface area contributed by atoms with Gasteiger partial charge in [-0.3, -0.25) is 4.68 Å². The van der Waals surface area contributed by atoms with Crippen LogP contribution in [0.2, 0.25) is 0 Å². The summed E-state index contributed by atoms with van der Waals surface area (Å²) in [6.45, 7) is -0.0726. The smallest absolute Gasteiger partial charge is 0.386 e. The van der Waals surface area contributed by atoms with E-state index in [-0.39, 0.29) is 24.5 Å². The summed E-state index contributed by atoms with van der Waals surface area (Å²) in [6.07, 6.45) is -1.52. The van der Waals surface area contributed by atoms with E-state index in [1.165, 1.54) is 10.9 Å². The van der Waals surface area contributed by atoms with E-state index in [2.05, 4.69) is 10.4 Å². The molecule has 0 aliphatic heterocycles. The third-order valence-corrected chi connectivity index (χ3v) is 2.63. The number of rotatable bonds is 3. The summed E-state index contributed by atoms with van der Waals surface area (Å²) >= 11 is 0. The van der Waals surface area contributed by atoms with Crippen molar-refractivity contribution in [3.05, 3.63) is 47.5 Å². The number of aromatic nitrogens is 2. The van der Waals surface area contributed by atoms with Crippen molar-refractivity contribution in [3.8, 4) is 0 Å². The Morgan fingerprint density at radius 3 is 2.55 bits per heavy atom. The Morgan fingerprint density at radius 2 is 2.00 bits per heavy atom. The van der Waals surface area contributed by atoms with Crippen molar-refractivity contribution in [2.75, 3.05) is 12.4 Å². The number of benzene rings is 1. The predicted octanol–water partition coefficient (Wildman–Crippen LogP) is 3.55.